The number of thioether (sulfide) groups is 1. The Labute approximate surface area is 109 Å². The van der Waals surface area contributed by atoms with E-state index in [0.29, 0.717) is 11.6 Å². The molecular weight excluding hydrogens is 248 g/mol. The summed E-state index contributed by atoms with van der Waals surface area (Å²) in [5.74, 6) is 0.897. The van der Waals surface area contributed by atoms with Crippen LogP contribution in [0, 0.1) is 13.8 Å². The third-order valence-corrected chi connectivity index (χ3v) is 3.54. The number of amides is 1. The molecule has 0 saturated carbocycles. The Morgan fingerprint density at radius 1 is 1.39 bits per heavy atom. The fourth-order valence-corrected chi connectivity index (χ4v) is 2.04. The van der Waals surface area contributed by atoms with E-state index in [9.17, 15) is 4.79 Å². The van der Waals surface area contributed by atoms with Gasteiger partial charge in [-0.3, -0.25) is 14.9 Å². The zero-order valence-corrected chi connectivity index (χ0v) is 11.0. The molecule has 0 fully saturated rings. The van der Waals surface area contributed by atoms with Crippen molar-refractivity contribution in [3.8, 4) is 0 Å². The van der Waals surface area contributed by atoms with E-state index < -0.39 is 0 Å². The van der Waals surface area contributed by atoms with E-state index in [1.165, 1.54) is 11.8 Å². The van der Waals surface area contributed by atoms with Crippen molar-refractivity contribution in [1.29, 1.82) is 0 Å². The SMILES string of the molecule is Cc1[nH]nc(NC(=O)CSc2ccncc2)c1C. The maximum Gasteiger partial charge on any atom is 0.235 e. The Hall–Kier alpha value is -1.82. The smallest absolute Gasteiger partial charge is 0.235 e. The summed E-state index contributed by atoms with van der Waals surface area (Å²) in [4.78, 5) is 16.7. The van der Waals surface area contributed by atoms with Gasteiger partial charge in [0.1, 0.15) is 0 Å². The maximum atomic E-state index is 11.7. The highest BCUT2D eigenvalue weighted by Crippen LogP contribution is 2.18. The van der Waals surface area contributed by atoms with Crippen LogP contribution in [0.4, 0.5) is 5.82 Å². The molecule has 0 aromatic carbocycles. The van der Waals surface area contributed by atoms with Gasteiger partial charge >= 0.3 is 0 Å². The Morgan fingerprint density at radius 2 is 2.11 bits per heavy atom. The number of hydrogen-bond donors (Lipinski definition) is 2. The van der Waals surface area contributed by atoms with Gasteiger partial charge in [-0.2, -0.15) is 5.10 Å². The van der Waals surface area contributed by atoms with Gasteiger partial charge in [-0.15, -0.1) is 11.8 Å². The van der Waals surface area contributed by atoms with Crippen LogP contribution in [0.25, 0.3) is 0 Å². The van der Waals surface area contributed by atoms with Crippen LogP contribution in [0.15, 0.2) is 29.4 Å². The first-order valence-corrected chi connectivity index (χ1v) is 6.49. The first-order valence-electron chi connectivity index (χ1n) is 5.51. The predicted octanol–water partition coefficient (Wildman–Crippen LogP) is 2.15. The molecule has 0 bridgehead atoms. The minimum absolute atomic E-state index is 0.0635. The molecule has 0 aliphatic carbocycles. The number of anilines is 1. The Morgan fingerprint density at radius 3 is 2.72 bits per heavy atom. The number of rotatable bonds is 4. The third kappa shape index (κ3) is 3.10. The third-order valence-electron chi connectivity index (χ3n) is 2.53. The lowest BCUT2D eigenvalue weighted by Crippen LogP contribution is -2.15. The fourth-order valence-electron chi connectivity index (χ4n) is 1.36. The van der Waals surface area contributed by atoms with Crippen LogP contribution in [-0.4, -0.2) is 26.8 Å². The Kier molecular flexibility index (Phi) is 3.99. The van der Waals surface area contributed by atoms with Gasteiger partial charge in [-0.1, -0.05) is 0 Å². The summed E-state index contributed by atoms with van der Waals surface area (Å²) in [7, 11) is 0. The van der Waals surface area contributed by atoms with Crippen molar-refractivity contribution in [2.45, 2.75) is 18.7 Å². The Balaban J connectivity index is 1.88. The fraction of sp³-hybridized carbons (Fsp3) is 0.250. The Bertz CT molecular complexity index is 538. The van der Waals surface area contributed by atoms with Crippen molar-refractivity contribution in [2.75, 3.05) is 11.1 Å². The largest absolute Gasteiger partial charge is 0.308 e. The molecule has 0 aliphatic heterocycles. The number of carbonyl (C=O) groups excluding carboxylic acids is 1. The van der Waals surface area contributed by atoms with Gasteiger partial charge in [0.15, 0.2) is 5.82 Å². The van der Waals surface area contributed by atoms with Gasteiger partial charge in [0.25, 0.3) is 0 Å². The molecule has 0 spiro atoms. The van der Waals surface area contributed by atoms with Crippen molar-refractivity contribution in [3.05, 3.63) is 35.8 Å². The number of pyridine rings is 1. The molecule has 18 heavy (non-hydrogen) atoms. The van der Waals surface area contributed by atoms with Crippen LogP contribution < -0.4 is 5.32 Å². The molecule has 6 heteroatoms. The molecule has 0 aliphatic rings. The summed E-state index contributed by atoms with van der Waals surface area (Å²) >= 11 is 1.47. The number of aryl methyl sites for hydroxylation is 1. The van der Waals surface area contributed by atoms with E-state index >= 15 is 0 Å². The number of aromatic nitrogens is 3. The quantitative estimate of drug-likeness (QED) is 0.828. The second-order valence-electron chi connectivity index (χ2n) is 3.84. The standard InChI is InChI=1S/C12H14N4OS/c1-8-9(2)15-16-12(8)14-11(17)7-18-10-3-5-13-6-4-10/h3-6H,7H2,1-2H3,(H2,14,15,16,17). The second kappa shape index (κ2) is 5.68. The van der Waals surface area contributed by atoms with Gasteiger partial charge in [0, 0.05) is 28.5 Å². The molecule has 2 rings (SSSR count). The van der Waals surface area contributed by atoms with Crippen LogP contribution in [0.3, 0.4) is 0 Å². The first-order chi connectivity index (χ1) is 8.66. The number of hydrogen-bond acceptors (Lipinski definition) is 4. The maximum absolute atomic E-state index is 11.7. The summed E-state index contributed by atoms with van der Waals surface area (Å²) in [5.41, 5.74) is 1.93. The molecule has 0 saturated heterocycles. The van der Waals surface area contributed by atoms with Crippen LogP contribution >= 0.6 is 11.8 Å². The van der Waals surface area contributed by atoms with Crippen LogP contribution in [0.2, 0.25) is 0 Å². The molecule has 2 N–H and O–H groups in total. The van der Waals surface area contributed by atoms with E-state index in [4.69, 9.17) is 0 Å². The minimum atomic E-state index is -0.0635. The van der Waals surface area contributed by atoms with Gasteiger partial charge in [0.2, 0.25) is 5.91 Å². The molecule has 94 valence electrons. The lowest BCUT2D eigenvalue weighted by molar-refractivity contribution is -0.113. The van der Waals surface area contributed by atoms with Gasteiger partial charge in [-0.25, -0.2) is 0 Å². The van der Waals surface area contributed by atoms with E-state index in [-0.39, 0.29) is 5.91 Å². The van der Waals surface area contributed by atoms with Crippen molar-refractivity contribution < 1.29 is 4.79 Å². The van der Waals surface area contributed by atoms with Gasteiger partial charge in [0.05, 0.1) is 5.75 Å². The molecule has 2 aromatic rings. The molecule has 1 amide bonds. The number of aromatic amines is 1. The van der Waals surface area contributed by atoms with Crippen LogP contribution in [-0.2, 0) is 4.79 Å². The van der Waals surface area contributed by atoms with Crippen LogP contribution in [0.1, 0.15) is 11.3 Å². The van der Waals surface area contributed by atoms with Crippen molar-refractivity contribution in [3.63, 3.8) is 0 Å². The second-order valence-corrected chi connectivity index (χ2v) is 4.89. The lowest BCUT2D eigenvalue weighted by atomic mass is 10.3. The monoisotopic (exact) mass is 262 g/mol. The zero-order valence-electron chi connectivity index (χ0n) is 10.2. The molecular formula is C12H14N4OS. The number of carbonyl (C=O) groups is 1. The van der Waals surface area contributed by atoms with E-state index in [2.05, 4.69) is 20.5 Å². The van der Waals surface area contributed by atoms with Crippen molar-refractivity contribution >= 4 is 23.5 Å². The topological polar surface area (TPSA) is 70.7 Å². The number of nitrogens with zero attached hydrogens (tertiary/aromatic N) is 2. The highest BCUT2D eigenvalue weighted by atomic mass is 32.2. The molecule has 5 nitrogen and oxygen atoms in total. The number of H-pyrrole nitrogens is 1. The van der Waals surface area contributed by atoms with Gasteiger partial charge < -0.3 is 5.32 Å². The summed E-state index contributed by atoms with van der Waals surface area (Å²) in [6.45, 7) is 3.84. The average Bonchev–Trinajstić information content (AvgIpc) is 2.70. The highest BCUT2D eigenvalue weighted by Gasteiger charge is 2.09. The molecule has 2 heterocycles. The van der Waals surface area contributed by atoms with Crippen LogP contribution in [0.5, 0.6) is 0 Å². The van der Waals surface area contributed by atoms with Crippen molar-refractivity contribution in [1.82, 2.24) is 15.2 Å². The summed E-state index contributed by atoms with van der Waals surface area (Å²) < 4.78 is 0. The van der Waals surface area contributed by atoms with E-state index in [1.807, 2.05) is 26.0 Å². The normalized spacial score (nSPS) is 10.3. The zero-order chi connectivity index (χ0) is 13.0. The summed E-state index contributed by atoms with van der Waals surface area (Å²) in [6, 6.07) is 3.75. The molecule has 0 atom stereocenters. The predicted molar refractivity (Wildman–Crippen MR) is 71.7 cm³/mol. The highest BCUT2D eigenvalue weighted by molar-refractivity contribution is 8.00. The summed E-state index contributed by atoms with van der Waals surface area (Å²) in [6.07, 6.45) is 3.42. The van der Waals surface area contributed by atoms with Gasteiger partial charge in [-0.05, 0) is 26.0 Å². The number of nitrogens with one attached hydrogen (secondary N) is 2. The van der Waals surface area contributed by atoms with E-state index in [1.54, 1.807) is 12.4 Å². The van der Waals surface area contributed by atoms with Crippen molar-refractivity contribution in [2.24, 2.45) is 0 Å². The molecule has 2 aromatic heterocycles. The average molecular weight is 262 g/mol. The van der Waals surface area contributed by atoms with E-state index in [0.717, 1.165) is 16.2 Å². The first kappa shape index (κ1) is 12.6. The minimum Gasteiger partial charge on any atom is -0.308 e. The molecule has 0 unspecified atom stereocenters. The summed E-state index contributed by atoms with van der Waals surface area (Å²) in [5, 5.41) is 9.65. The lowest BCUT2D eigenvalue weighted by Gasteiger charge is -2.03. The molecule has 0 radical (unpaired) electrons.